The molecule has 1 fully saturated rings. The van der Waals surface area contributed by atoms with Crippen LogP contribution in [-0.4, -0.2) is 35.1 Å². The van der Waals surface area contributed by atoms with E-state index in [4.69, 9.17) is 16.3 Å². The molecule has 94 valence electrons. The Labute approximate surface area is 105 Å². The zero-order chi connectivity index (χ0) is 12.6. The summed E-state index contributed by atoms with van der Waals surface area (Å²) in [5.74, 6) is 0. The van der Waals surface area contributed by atoms with Crippen LogP contribution >= 0.6 is 11.6 Å². The lowest BCUT2D eigenvalue weighted by Crippen LogP contribution is -2.46. The predicted molar refractivity (Wildman–Crippen MR) is 66.7 cm³/mol. The lowest BCUT2D eigenvalue weighted by atomic mass is 10.2. The molecule has 0 N–H and O–H groups in total. The largest absolute Gasteiger partial charge is 0.372 e. The Bertz CT molecular complexity index is 464. The van der Waals surface area contributed by atoms with Gasteiger partial charge in [-0.1, -0.05) is 11.6 Å². The minimum atomic E-state index is -0.268. The van der Waals surface area contributed by atoms with Gasteiger partial charge in [0.2, 0.25) is 0 Å². The second-order valence-corrected chi connectivity index (χ2v) is 4.81. The fraction of sp³-hybridized carbons (Fsp3) is 0.636. The summed E-state index contributed by atoms with van der Waals surface area (Å²) in [4.78, 5) is 13.8. The van der Waals surface area contributed by atoms with Crippen molar-refractivity contribution >= 4 is 17.3 Å². The van der Waals surface area contributed by atoms with Crippen molar-refractivity contribution in [3.63, 3.8) is 0 Å². The lowest BCUT2D eigenvalue weighted by Gasteiger charge is -2.36. The maximum Gasteiger partial charge on any atom is 0.287 e. The molecule has 0 saturated carbocycles. The standard InChI is InChI=1S/C11H16ClN3O2/c1-7-5-15(6-8(2)17-7)9-4-13-14(3)11(16)10(9)12/h4,7-8H,5-6H2,1-3H3/t7-,8-/m1/s1. The van der Waals surface area contributed by atoms with E-state index in [0.717, 1.165) is 13.1 Å². The third-order valence-corrected chi connectivity index (χ3v) is 3.18. The molecule has 0 spiro atoms. The van der Waals surface area contributed by atoms with E-state index in [9.17, 15) is 4.79 Å². The first kappa shape index (κ1) is 12.4. The Morgan fingerprint density at radius 1 is 1.41 bits per heavy atom. The van der Waals surface area contributed by atoms with Crippen molar-refractivity contribution < 1.29 is 4.74 Å². The first-order valence-electron chi connectivity index (χ1n) is 5.61. The van der Waals surface area contributed by atoms with Crippen molar-refractivity contribution in [2.24, 2.45) is 7.05 Å². The average molecular weight is 258 g/mol. The van der Waals surface area contributed by atoms with Gasteiger partial charge in [-0.25, -0.2) is 4.68 Å². The Kier molecular flexibility index (Phi) is 3.40. The number of hydrogen-bond donors (Lipinski definition) is 0. The van der Waals surface area contributed by atoms with Gasteiger partial charge in [-0.05, 0) is 13.8 Å². The lowest BCUT2D eigenvalue weighted by molar-refractivity contribution is -0.00524. The van der Waals surface area contributed by atoms with Gasteiger partial charge < -0.3 is 9.64 Å². The Balaban J connectivity index is 2.34. The van der Waals surface area contributed by atoms with Crippen LogP contribution in [0.5, 0.6) is 0 Å². The second kappa shape index (κ2) is 4.66. The summed E-state index contributed by atoms with van der Waals surface area (Å²) < 4.78 is 6.88. The van der Waals surface area contributed by atoms with Crippen LogP contribution in [0.4, 0.5) is 5.69 Å². The molecule has 2 atom stereocenters. The SMILES string of the molecule is C[C@@H]1CN(c2cnn(C)c(=O)c2Cl)C[C@@H](C)O1. The zero-order valence-electron chi connectivity index (χ0n) is 10.2. The van der Waals surface area contributed by atoms with Crippen molar-refractivity contribution in [3.8, 4) is 0 Å². The quantitative estimate of drug-likeness (QED) is 0.755. The van der Waals surface area contributed by atoms with E-state index in [1.165, 1.54) is 4.68 Å². The Morgan fingerprint density at radius 2 is 2.00 bits per heavy atom. The molecule has 2 heterocycles. The van der Waals surface area contributed by atoms with Crippen LogP contribution in [0.1, 0.15) is 13.8 Å². The van der Waals surface area contributed by atoms with Crippen molar-refractivity contribution in [1.82, 2.24) is 9.78 Å². The van der Waals surface area contributed by atoms with Gasteiger partial charge in [0.15, 0.2) is 0 Å². The monoisotopic (exact) mass is 257 g/mol. The molecule has 17 heavy (non-hydrogen) atoms. The molecule has 1 aliphatic heterocycles. The molecule has 1 aromatic rings. The van der Waals surface area contributed by atoms with Crippen LogP contribution in [0.2, 0.25) is 5.02 Å². The molecule has 6 heteroatoms. The Morgan fingerprint density at radius 3 is 2.59 bits per heavy atom. The number of rotatable bonds is 1. The van der Waals surface area contributed by atoms with Crippen molar-refractivity contribution in [3.05, 3.63) is 21.6 Å². The van der Waals surface area contributed by atoms with Gasteiger partial charge in [0.25, 0.3) is 5.56 Å². The van der Waals surface area contributed by atoms with Gasteiger partial charge in [0, 0.05) is 20.1 Å². The molecule has 1 aliphatic rings. The summed E-state index contributed by atoms with van der Waals surface area (Å²) >= 11 is 6.07. The van der Waals surface area contributed by atoms with Crippen LogP contribution in [0, 0.1) is 0 Å². The topological polar surface area (TPSA) is 47.4 Å². The molecule has 0 bridgehead atoms. The third kappa shape index (κ3) is 2.45. The van der Waals surface area contributed by atoms with Gasteiger partial charge in [-0.3, -0.25) is 4.79 Å². The van der Waals surface area contributed by atoms with Crippen LogP contribution in [-0.2, 0) is 11.8 Å². The smallest absolute Gasteiger partial charge is 0.287 e. The van der Waals surface area contributed by atoms with Crippen molar-refractivity contribution in [2.75, 3.05) is 18.0 Å². The molecule has 2 rings (SSSR count). The molecule has 1 aromatic heterocycles. The number of ether oxygens (including phenoxy) is 1. The summed E-state index contributed by atoms with van der Waals surface area (Å²) in [7, 11) is 1.59. The summed E-state index contributed by atoms with van der Waals surface area (Å²) in [5, 5.41) is 4.23. The number of aryl methyl sites for hydroxylation is 1. The molecule has 0 unspecified atom stereocenters. The zero-order valence-corrected chi connectivity index (χ0v) is 10.9. The minimum absolute atomic E-state index is 0.124. The average Bonchev–Trinajstić information content (AvgIpc) is 2.24. The summed E-state index contributed by atoms with van der Waals surface area (Å²) in [5.41, 5.74) is 0.424. The van der Waals surface area contributed by atoms with Crippen LogP contribution < -0.4 is 10.5 Å². The van der Waals surface area contributed by atoms with Crippen LogP contribution in [0.15, 0.2) is 11.0 Å². The molecular formula is C11H16ClN3O2. The molecule has 5 nitrogen and oxygen atoms in total. The van der Waals surface area contributed by atoms with Gasteiger partial charge in [-0.15, -0.1) is 0 Å². The molecule has 0 radical (unpaired) electrons. The van der Waals surface area contributed by atoms with Gasteiger partial charge in [0.05, 0.1) is 24.1 Å². The summed E-state index contributed by atoms with van der Waals surface area (Å²) in [6, 6.07) is 0. The van der Waals surface area contributed by atoms with Crippen molar-refractivity contribution in [2.45, 2.75) is 26.1 Å². The Hall–Kier alpha value is -1.07. The number of hydrogen-bond acceptors (Lipinski definition) is 4. The first-order chi connectivity index (χ1) is 7.99. The maximum atomic E-state index is 11.7. The first-order valence-corrected chi connectivity index (χ1v) is 5.99. The molecule has 0 aromatic carbocycles. The van der Waals surface area contributed by atoms with Crippen LogP contribution in [0.3, 0.4) is 0 Å². The highest BCUT2D eigenvalue weighted by Crippen LogP contribution is 2.24. The number of halogens is 1. The van der Waals surface area contributed by atoms with Gasteiger partial charge >= 0.3 is 0 Å². The number of nitrogens with zero attached hydrogens (tertiary/aromatic N) is 3. The van der Waals surface area contributed by atoms with E-state index in [-0.39, 0.29) is 22.8 Å². The highest BCUT2D eigenvalue weighted by molar-refractivity contribution is 6.33. The molecule has 0 amide bonds. The van der Waals surface area contributed by atoms with E-state index in [1.54, 1.807) is 13.2 Å². The molecular weight excluding hydrogens is 242 g/mol. The highest BCUT2D eigenvalue weighted by atomic mass is 35.5. The second-order valence-electron chi connectivity index (χ2n) is 4.43. The normalized spacial score (nSPS) is 25.1. The van der Waals surface area contributed by atoms with Crippen LogP contribution in [0.25, 0.3) is 0 Å². The summed E-state index contributed by atoms with van der Waals surface area (Å²) in [6.45, 7) is 5.45. The number of morpholine rings is 1. The third-order valence-electron chi connectivity index (χ3n) is 2.82. The van der Waals surface area contributed by atoms with E-state index >= 15 is 0 Å². The van der Waals surface area contributed by atoms with E-state index in [1.807, 2.05) is 13.8 Å². The molecule has 0 aliphatic carbocycles. The fourth-order valence-electron chi connectivity index (χ4n) is 2.10. The maximum absolute atomic E-state index is 11.7. The fourth-order valence-corrected chi connectivity index (χ4v) is 2.39. The van der Waals surface area contributed by atoms with Gasteiger partial charge in [-0.2, -0.15) is 5.10 Å². The minimum Gasteiger partial charge on any atom is -0.372 e. The number of aromatic nitrogens is 2. The molecule has 1 saturated heterocycles. The predicted octanol–water partition coefficient (Wildman–Crippen LogP) is 1.05. The van der Waals surface area contributed by atoms with E-state index in [0.29, 0.717) is 5.69 Å². The van der Waals surface area contributed by atoms with Gasteiger partial charge in [0.1, 0.15) is 5.02 Å². The number of anilines is 1. The summed E-state index contributed by atoms with van der Waals surface area (Å²) in [6.07, 6.45) is 1.88. The highest BCUT2D eigenvalue weighted by Gasteiger charge is 2.25. The van der Waals surface area contributed by atoms with E-state index in [2.05, 4.69) is 10.00 Å². The van der Waals surface area contributed by atoms with Crippen molar-refractivity contribution in [1.29, 1.82) is 0 Å². The van der Waals surface area contributed by atoms with E-state index < -0.39 is 0 Å².